The van der Waals surface area contributed by atoms with Crippen molar-refractivity contribution in [3.05, 3.63) is 0 Å². The second-order valence-electron chi connectivity index (χ2n) is 3.31. The number of halogens is 6. The lowest BCUT2D eigenvalue weighted by molar-refractivity contribution is -0.0511. The summed E-state index contributed by atoms with van der Waals surface area (Å²) in [5.41, 5.74) is -11.7. The number of rotatable bonds is 5. The highest BCUT2D eigenvalue weighted by molar-refractivity contribution is 7.88. The first-order valence-electron chi connectivity index (χ1n) is 4.66. The van der Waals surface area contributed by atoms with Gasteiger partial charge in [-0.3, -0.25) is 10.8 Å². The van der Waals surface area contributed by atoms with Crippen molar-refractivity contribution < 1.29 is 51.5 Å². The first-order valence-corrected chi connectivity index (χ1v) is 7.47. The lowest BCUT2D eigenvalue weighted by Gasteiger charge is -2.11. The SMILES string of the molecule is N=C(CCC(=N)OS(=O)(=O)C(F)(F)F)OS(=O)(=O)C(F)(F)F. The van der Waals surface area contributed by atoms with Crippen molar-refractivity contribution in [2.24, 2.45) is 0 Å². The Kier molecular flexibility index (Phi) is 5.82. The predicted octanol–water partition coefficient (Wildman–Crippen LogP) is 1.45. The molecule has 0 aliphatic rings. The minimum atomic E-state index is -6.14. The van der Waals surface area contributed by atoms with E-state index in [4.69, 9.17) is 10.8 Å². The third kappa shape index (κ3) is 5.66. The summed E-state index contributed by atoms with van der Waals surface area (Å²) in [4.78, 5) is 0. The second kappa shape index (κ2) is 6.27. The number of alkyl halides is 6. The Morgan fingerprint density at radius 1 is 0.727 bits per heavy atom. The molecule has 0 bridgehead atoms. The van der Waals surface area contributed by atoms with Crippen LogP contribution in [0.3, 0.4) is 0 Å². The molecule has 0 fully saturated rings. The van der Waals surface area contributed by atoms with Crippen molar-refractivity contribution in [3.63, 3.8) is 0 Å². The van der Waals surface area contributed by atoms with Crippen LogP contribution < -0.4 is 0 Å². The first-order chi connectivity index (χ1) is 9.49. The van der Waals surface area contributed by atoms with Crippen LogP contribution in [-0.4, -0.2) is 39.6 Å². The van der Waals surface area contributed by atoms with Crippen LogP contribution in [0, 0.1) is 10.8 Å². The Morgan fingerprint density at radius 2 is 0.955 bits per heavy atom. The fraction of sp³-hybridized carbons (Fsp3) is 0.667. The van der Waals surface area contributed by atoms with Gasteiger partial charge in [0.2, 0.25) is 11.8 Å². The van der Waals surface area contributed by atoms with Crippen molar-refractivity contribution in [2.75, 3.05) is 0 Å². The van der Waals surface area contributed by atoms with Crippen LogP contribution >= 0.6 is 0 Å². The van der Waals surface area contributed by atoms with Gasteiger partial charge < -0.3 is 8.37 Å². The van der Waals surface area contributed by atoms with E-state index >= 15 is 0 Å². The van der Waals surface area contributed by atoms with Crippen molar-refractivity contribution in [1.82, 2.24) is 0 Å². The van der Waals surface area contributed by atoms with Gasteiger partial charge in [-0.2, -0.15) is 43.2 Å². The molecule has 0 aromatic heterocycles. The quantitative estimate of drug-likeness (QED) is 0.244. The zero-order chi connectivity index (χ0) is 18.0. The average Bonchev–Trinajstić information content (AvgIpc) is 2.21. The molecular weight excluding hydrogens is 374 g/mol. The van der Waals surface area contributed by atoms with E-state index in [-0.39, 0.29) is 0 Å². The first kappa shape index (κ1) is 20.4. The summed E-state index contributed by atoms with van der Waals surface area (Å²) in [6, 6.07) is 0. The fourth-order valence-corrected chi connectivity index (χ4v) is 1.56. The fourth-order valence-electron chi connectivity index (χ4n) is 0.670. The van der Waals surface area contributed by atoms with Crippen LogP contribution in [0.4, 0.5) is 26.3 Å². The third-order valence-corrected chi connectivity index (χ3v) is 3.54. The maximum atomic E-state index is 11.9. The van der Waals surface area contributed by atoms with E-state index in [1.807, 2.05) is 0 Å². The molecule has 130 valence electrons. The van der Waals surface area contributed by atoms with Gasteiger partial charge in [0.25, 0.3) is 0 Å². The minimum absolute atomic E-state index is 1.12. The second-order valence-corrected chi connectivity index (χ2v) is 6.39. The molecule has 0 aliphatic heterocycles. The normalized spacial score (nSPS) is 13.5. The molecule has 0 atom stereocenters. The minimum Gasteiger partial charge on any atom is -0.361 e. The predicted molar refractivity (Wildman–Crippen MR) is 56.8 cm³/mol. The molecule has 22 heavy (non-hydrogen) atoms. The van der Waals surface area contributed by atoms with Crippen LogP contribution in [0.1, 0.15) is 12.8 Å². The van der Waals surface area contributed by atoms with E-state index in [0.29, 0.717) is 0 Å². The third-order valence-electron chi connectivity index (χ3n) is 1.57. The number of hydrogen-bond acceptors (Lipinski definition) is 8. The van der Waals surface area contributed by atoms with E-state index < -0.39 is 55.9 Å². The average molecular weight is 380 g/mol. The summed E-state index contributed by atoms with van der Waals surface area (Å²) in [7, 11) is -12.3. The van der Waals surface area contributed by atoms with E-state index in [1.54, 1.807) is 0 Å². The molecule has 2 N–H and O–H groups in total. The summed E-state index contributed by atoms with van der Waals surface area (Å²) >= 11 is 0. The van der Waals surface area contributed by atoms with Crippen LogP contribution in [0.15, 0.2) is 0 Å². The van der Waals surface area contributed by atoms with E-state index in [1.165, 1.54) is 0 Å². The molecule has 0 saturated heterocycles. The highest BCUT2D eigenvalue weighted by Crippen LogP contribution is 2.26. The van der Waals surface area contributed by atoms with Gasteiger partial charge in [0, 0.05) is 12.8 Å². The van der Waals surface area contributed by atoms with Crippen molar-refractivity contribution in [2.45, 2.75) is 23.9 Å². The maximum Gasteiger partial charge on any atom is 0.534 e. The highest BCUT2D eigenvalue weighted by atomic mass is 32.2. The van der Waals surface area contributed by atoms with Crippen molar-refractivity contribution in [3.8, 4) is 0 Å². The Labute approximate surface area is 119 Å². The zero-order valence-corrected chi connectivity index (χ0v) is 11.6. The smallest absolute Gasteiger partial charge is 0.361 e. The lowest BCUT2D eigenvalue weighted by atomic mass is 10.3. The summed E-state index contributed by atoms with van der Waals surface area (Å²) in [5.74, 6) is -3.15. The molecule has 0 aromatic rings. The van der Waals surface area contributed by atoms with Crippen LogP contribution in [0.2, 0.25) is 0 Å². The van der Waals surface area contributed by atoms with Gasteiger partial charge in [-0.15, -0.1) is 0 Å². The van der Waals surface area contributed by atoms with E-state index in [9.17, 15) is 43.2 Å². The number of nitrogens with one attached hydrogen (secondary N) is 2. The van der Waals surface area contributed by atoms with Crippen LogP contribution in [0.5, 0.6) is 0 Å². The maximum absolute atomic E-state index is 11.9. The van der Waals surface area contributed by atoms with Gasteiger partial charge in [0.15, 0.2) is 0 Å². The summed E-state index contributed by atoms with van der Waals surface area (Å²) < 4.78 is 120. The standard InChI is InChI=1S/C6H6F6N2O6S2/c7-5(8,9)21(15,16)19-3(13)1-2-4(14)20-22(17,18)6(10,11)12/h13-14H,1-2H2. The molecule has 0 unspecified atom stereocenters. The van der Waals surface area contributed by atoms with Gasteiger partial charge in [-0.25, -0.2) is 0 Å². The van der Waals surface area contributed by atoms with Crippen LogP contribution in [0.25, 0.3) is 0 Å². The van der Waals surface area contributed by atoms with E-state index in [0.717, 1.165) is 0 Å². The van der Waals surface area contributed by atoms with Gasteiger partial charge in [-0.1, -0.05) is 0 Å². The molecular formula is C6H6F6N2O6S2. The van der Waals surface area contributed by atoms with Crippen LogP contribution in [-0.2, 0) is 28.6 Å². The van der Waals surface area contributed by atoms with Gasteiger partial charge in [0.05, 0.1) is 0 Å². The lowest BCUT2D eigenvalue weighted by Crippen LogP contribution is -2.29. The molecule has 0 saturated carbocycles. The molecule has 0 rings (SSSR count). The van der Waals surface area contributed by atoms with E-state index in [2.05, 4.69) is 8.37 Å². The molecule has 0 amide bonds. The van der Waals surface area contributed by atoms with Gasteiger partial charge in [-0.05, 0) is 0 Å². The molecule has 0 aliphatic carbocycles. The molecule has 0 aromatic carbocycles. The summed E-state index contributed by atoms with van der Waals surface area (Å²) in [6.45, 7) is 0. The zero-order valence-electron chi connectivity index (χ0n) is 9.95. The molecule has 16 heteroatoms. The molecule has 8 nitrogen and oxygen atoms in total. The van der Waals surface area contributed by atoms with Gasteiger partial charge in [0.1, 0.15) is 0 Å². The summed E-state index contributed by atoms with van der Waals surface area (Å²) in [6.07, 6.45) is -2.25. The highest BCUT2D eigenvalue weighted by Gasteiger charge is 2.50. The Morgan fingerprint density at radius 3 is 1.14 bits per heavy atom. The largest absolute Gasteiger partial charge is 0.534 e. The topological polar surface area (TPSA) is 134 Å². The molecule has 0 radical (unpaired) electrons. The molecule has 0 heterocycles. The molecule has 0 spiro atoms. The Balaban J connectivity index is 4.61. The van der Waals surface area contributed by atoms with Crippen molar-refractivity contribution >= 4 is 32.0 Å². The monoisotopic (exact) mass is 380 g/mol. The Bertz CT molecular complexity index is 590. The van der Waals surface area contributed by atoms with Crippen molar-refractivity contribution in [1.29, 1.82) is 10.8 Å². The number of hydrogen-bond donors (Lipinski definition) is 2. The Hall–Kier alpha value is -1.58. The summed E-state index contributed by atoms with van der Waals surface area (Å²) in [5, 5.41) is 13.5. The van der Waals surface area contributed by atoms with Gasteiger partial charge >= 0.3 is 31.3 Å².